The molecule has 3 aromatic carbocycles. The number of ether oxygens (including phenoxy) is 4. The van der Waals surface area contributed by atoms with Gasteiger partial charge in [-0.3, -0.25) is 9.36 Å². The third-order valence-electron chi connectivity index (χ3n) is 7.02. The van der Waals surface area contributed by atoms with Crippen LogP contribution in [0.25, 0.3) is 6.08 Å². The number of rotatable bonds is 11. The zero-order valence-electron chi connectivity index (χ0n) is 26.1. The normalized spacial score (nSPS) is 14.6. The molecule has 4 aromatic rings. The molecule has 0 spiro atoms. The molecule has 0 N–H and O–H groups in total. The van der Waals surface area contributed by atoms with Crippen LogP contribution >= 0.6 is 43.2 Å². The number of esters is 1. The first-order chi connectivity index (χ1) is 22.1. The summed E-state index contributed by atoms with van der Waals surface area (Å²) >= 11 is 8.37. The van der Waals surface area contributed by atoms with Gasteiger partial charge in [0.15, 0.2) is 16.3 Å². The molecule has 0 bridgehead atoms. The zero-order chi connectivity index (χ0) is 33.0. The summed E-state index contributed by atoms with van der Waals surface area (Å²) in [4.78, 5) is 32.7. The van der Waals surface area contributed by atoms with E-state index in [1.165, 1.54) is 11.3 Å². The highest BCUT2D eigenvalue weighted by Gasteiger charge is 2.35. The number of aromatic nitrogens is 1. The van der Waals surface area contributed by atoms with E-state index in [0.717, 1.165) is 15.6 Å². The van der Waals surface area contributed by atoms with Gasteiger partial charge in [0, 0.05) is 10.0 Å². The fourth-order valence-electron chi connectivity index (χ4n) is 5.12. The molecule has 1 aliphatic rings. The van der Waals surface area contributed by atoms with Gasteiger partial charge in [-0.25, -0.2) is 9.79 Å². The quantitative estimate of drug-likeness (QED) is 0.152. The number of nitrogens with zero attached hydrogens (tertiary/aromatic N) is 2. The van der Waals surface area contributed by atoms with Crippen LogP contribution in [0, 0.1) is 0 Å². The number of carbonyl (C=O) groups excluding carboxylic acids is 1. The summed E-state index contributed by atoms with van der Waals surface area (Å²) in [5, 5.41) is 0. The first-order valence-electron chi connectivity index (χ1n) is 14.9. The minimum absolute atomic E-state index is 0.118. The van der Waals surface area contributed by atoms with Gasteiger partial charge in [0.2, 0.25) is 0 Å². The van der Waals surface area contributed by atoms with Crippen molar-refractivity contribution in [1.29, 1.82) is 0 Å². The van der Waals surface area contributed by atoms with E-state index in [1.54, 1.807) is 24.5 Å². The Kier molecular flexibility index (Phi) is 10.9. The second-order valence-corrected chi connectivity index (χ2v) is 13.5. The Hall–Kier alpha value is -3.67. The zero-order valence-corrected chi connectivity index (χ0v) is 30.1. The first-order valence-corrected chi connectivity index (χ1v) is 17.3. The van der Waals surface area contributed by atoms with E-state index >= 15 is 0 Å². The Morgan fingerprint density at radius 3 is 2.46 bits per heavy atom. The fraction of sp³-hybridized carbons (Fsp3) is 0.286. The van der Waals surface area contributed by atoms with Crippen LogP contribution in [0.3, 0.4) is 0 Å². The number of para-hydroxylation sites is 1. The highest BCUT2D eigenvalue weighted by Crippen LogP contribution is 2.38. The van der Waals surface area contributed by atoms with Crippen molar-refractivity contribution in [3.63, 3.8) is 0 Å². The van der Waals surface area contributed by atoms with Crippen LogP contribution in [0.4, 0.5) is 0 Å². The molecular formula is C35H34Br2N2O6S. The number of fused-ring (bicyclic) bond motifs is 1. The Morgan fingerprint density at radius 2 is 1.76 bits per heavy atom. The maximum Gasteiger partial charge on any atom is 0.338 e. The molecule has 8 nitrogen and oxygen atoms in total. The van der Waals surface area contributed by atoms with E-state index in [2.05, 4.69) is 31.9 Å². The van der Waals surface area contributed by atoms with Crippen molar-refractivity contribution >= 4 is 55.2 Å². The largest absolute Gasteiger partial charge is 0.491 e. The minimum Gasteiger partial charge on any atom is -0.491 e. The number of allylic oxidation sites excluding steroid dienone is 1. The van der Waals surface area contributed by atoms with Crippen molar-refractivity contribution in [2.75, 3.05) is 13.2 Å². The second-order valence-electron chi connectivity index (χ2n) is 10.7. The van der Waals surface area contributed by atoms with E-state index < -0.39 is 12.0 Å². The van der Waals surface area contributed by atoms with Crippen molar-refractivity contribution in [2.45, 2.75) is 53.4 Å². The molecule has 46 heavy (non-hydrogen) atoms. The molecule has 0 amide bonds. The summed E-state index contributed by atoms with van der Waals surface area (Å²) < 4.78 is 27.4. The van der Waals surface area contributed by atoms with Crippen molar-refractivity contribution in [1.82, 2.24) is 4.57 Å². The average molecular weight is 771 g/mol. The molecule has 0 radical (unpaired) electrons. The van der Waals surface area contributed by atoms with Gasteiger partial charge < -0.3 is 18.9 Å². The smallest absolute Gasteiger partial charge is 0.338 e. The average Bonchev–Trinajstić information content (AvgIpc) is 3.31. The van der Waals surface area contributed by atoms with Crippen molar-refractivity contribution in [2.24, 2.45) is 4.99 Å². The van der Waals surface area contributed by atoms with Crippen LogP contribution in [0.5, 0.6) is 17.2 Å². The Morgan fingerprint density at radius 1 is 1.02 bits per heavy atom. The van der Waals surface area contributed by atoms with Crippen LogP contribution < -0.4 is 29.1 Å². The third kappa shape index (κ3) is 7.32. The van der Waals surface area contributed by atoms with Crippen LogP contribution in [-0.2, 0) is 16.1 Å². The van der Waals surface area contributed by atoms with Crippen LogP contribution in [-0.4, -0.2) is 29.9 Å². The maximum absolute atomic E-state index is 14.2. The molecule has 0 unspecified atom stereocenters. The molecule has 1 atom stereocenters. The number of thiazole rings is 1. The summed E-state index contributed by atoms with van der Waals surface area (Å²) in [6, 6.07) is 18.3. The molecular weight excluding hydrogens is 736 g/mol. The van der Waals surface area contributed by atoms with Gasteiger partial charge in [-0.05, 0) is 98.1 Å². The number of hydrogen-bond donors (Lipinski definition) is 0. The molecule has 0 fully saturated rings. The highest BCUT2D eigenvalue weighted by atomic mass is 79.9. The maximum atomic E-state index is 14.2. The molecule has 0 saturated heterocycles. The van der Waals surface area contributed by atoms with Crippen LogP contribution in [0.15, 0.2) is 90.7 Å². The lowest BCUT2D eigenvalue weighted by atomic mass is 9.95. The summed E-state index contributed by atoms with van der Waals surface area (Å²) in [7, 11) is 0. The van der Waals surface area contributed by atoms with E-state index in [4.69, 9.17) is 23.9 Å². The molecule has 0 saturated carbocycles. The van der Waals surface area contributed by atoms with Gasteiger partial charge in [0.1, 0.15) is 18.4 Å². The van der Waals surface area contributed by atoms with Crippen LogP contribution in [0.2, 0.25) is 0 Å². The van der Waals surface area contributed by atoms with E-state index in [9.17, 15) is 9.59 Å². The molecule has 2 heterocycles. The molecule has 11 heteroatoms. The summed E-state index contributed by atoms with van der Waals surface area (Å²) in [5.41, 5.74) is 2.92. The number of benzene rings is 3. The Labute approximate surface area is 288 Å². The number of halogens is 2. The Balaban J connectivity index is 1.61. The second kappa shape index (κ2) is 14.8. The van der Waals surface area contributed by atoms with Gasteiger partial charge >= 0.3 is 5.97 Å². The monoisotopic (exact) mass is 768 g/mol. The first kappa shape index (κ1) is 33.7. The lowest BCUT2D eigenvalue weighted by molar-refractivity contribution is -0.139. The van der Waals surface area contributed by atoms with E-state index in [-0.39, 0.29) is 18.3 Å². The van der Waals surface area contributed by atoms with Gasteiger partial charge in [-0.15, -0.1) is 0 Å². The molecule has 0 aliphatic carbocycles. The standard InChI is InChI=1S/C35H34Br2N2O6S/c1-6-42-28-17-23(16-26(37)32(28)44-19-22-12-14-24(36)15-13-22)18-29-33(40)39-31(25-10-8-9-11-27(25)45-20(3)4)30(34(41)43-7-2)21(5)38-35(39)46-29/h8-18,20,31H,6-7,19H2,1-5H3/b29-18+/t31-/m1/s1. The van der Waals surface area contributed by atoms with Gasteiger partial charge in [-0.1, -0.05) is 57.6 Å². The number of hydrogen-bond acceptors (Lipinski definition) is 8. The highest BCUT2D eigenvalue weighted by molar-refractivity contribution is 9.10. The summed E-state index contributed by atoms with van der Waals surface area (Å²) in [6.07, 6.45) is 1.68. The lowest BCUT2D eigenvalue weighted by Crippen LogP contribution is -2.40. The summed E-state index contributed by atoms with van der Waals surface area (Å²) in [6.45, 7) is 10.3. The lowest BCUT2D eigenvalue weighted by Gasteiger charge is -2.26. The topological polar surface area (TPSA) is 88.4 Å². The van der Waals surface area contributed by atoms with Crippen molar-refractivity contribution < 1.29 is 23.7 Å². The summed E-state index contributed by atoms with van der Waals surface area (Å²) in [5.74, 6) is 1.18. The van der Waals surface area contributed by atoms with Gasteiger partial charge in [-0.2, -0.15) is 0 Å². The Bertz CT molecular complexity index is 1960. The minimum atomic E-state index is -0.785. The van der Waals surface area contributed by atoms with E-state index in [0.29, 0.717) is 61.1 Å². The van der Waals surface area contributed by atoms with E-state index in [1.807, 2.05) is 81.4 Å². The SMILES string of the molecule is CCOC(=O)C1=C(C)N=c2s/c(=C/c3cc(Br)c(OCc4ccc(Br)cc4)c(OCC)c3)c(=O)n2[C@@H]1c1ccccc1OC(C)C. The van der Waals surface area contributed by atoms with Gasteiger partial charge in [0.05, 0.1) is 39.6 Å². The molecule has 240 valence electrons. The van der Waals surface area contributed by atoms with Crippen molar-refractivity contribution in [3.05, 3.63) is 117 Å². The predicted octanol–water partition coefficient (Wildman–Crippen LogP) is 7.09. The van der Waals surface area contributed by atoms with Crippen LogP contribution in [0.1, 0.15) is 57.4 Å². The van der Waals surface area contributed by atoms with Gasteiger partial charge in [0.25, 0.3) is 5.56 Å². The molecule has 1 aliphatic heterocycles. The van der Waals surface area contributed by atoms with Crippen molar-refractivity contribution in [3.8, 4) is 17.2 Å². The third-order valence-corrected chi connectivity index (χ3v) is 9.12. The molecule has 5 rings (SSSR count). The molecule has 1 aromatic heterocycles. The number of carbonyl (C=O) groups is 1. The predicted molar refractivity (Wildman–Crippen MR) is 186 cm³/mol. The fourth-order valence-corrected chi connectivity index (χ4v) is 7.00.